The molecular weight excluding hydrogens is 226 g/mol. The minimum atomic E-state index is 0.692. The Morgan fingerprint density at radius 1 is 1.24 bits per heavy atom. The van der Waals surface area contributed by atoms with E-state index >= 15 is 0 Å². The Morgan fingerprint density at radius 2 is 2.06 bits per heavy atom. The highest BCUT2D eigenvalue weighted by Crippen LogP contribution is 2.38. The van der Waals surface area contributed by atoms with E-state index in [0.29, 0.717) is 5.92 Å². The van der Waals surface area contributed by atoms with Crippen molar-refractivity contribution in [1.82, 2.24) is 4.98 Å². The zero-order chi connectivity index (χ0) is 11.8. The number of para-hydroxylation sites is 1. The molecule has 1 aliphatic rings. The summed E-state index contributed by atoms with van der Waals surface area (Å²) in [5.74, 6) is 4.01. The van der Waals surface area contributed by atoms with Crippen LogP contribution in [0.1, 0.15) is 24.1 Å². The van der Waals surface area contributed by atoms with Gasteiger partial charge in [0.15, 0.2) is 0 Å². The van der Waals surface area contributed by atoms with Crippen LogP contribution < -0.4 is 0 Å². The maximum atomic E-state index is 4.75. The van der Waals surface area contributed by atoms with Crippen LogP contribution in [0.4, 0.5) is 0 Å². The molecule has 1 aliphatic heterocycles. The molecule has 3 rings (SSSR count). The standard InChI is InChI=1S/C15H17NS/c1-10-8-17-9-14(10)13-7-12-5-3-4-6-15(12)16-11(13)2/h3-7,10,14H,8-9H2,1-2H3. The van der Waals surface area contributed by atoms with E-state index in [2.05, 4.69) is 55.9 Å². The largest absolute Gasteiger partial charge is 0.253 e. The van der Waals surface area contributed by atoms with Gasteiger partial charge in [-0.15, -0.1) is 0 Å². The summed E-state index contributed by atoms with van der Waals surface area (Å²) >= 11 is 2.07. The molecule has 1 fully saturated rings. The minimum absolute atomic E-state index is 0.692. The van der Waals surface area contributed by atoms with E-state index in [-0.39, 0.29) is 0 Å². The van der Waals surface area contributed by atoms with Gasteiger partial charge in [-0.1, -0.05) is 25.1 Å². The molecule has 1 aromatic carbocycles. The van der Waals surface area contributed by atoms with Crippen molar-refractivity contribution in [2.45, 2.75) is 19.8 Å². The minimum Gasteiger partial charge on any atom is -0.253 e. The van der Waals surface area contributed by atoms with Gasteiger partial charge in [-0.05, 0) is 42.2 Å². The van der Waals surface area contributed by atoms with E-state index in [0.717, 1.165) is 11.4 Å². The Bertz CT molecular complexity index is 550. The normalized spacial score (nSPS) is 24.4. The number of benzene rings is 1. The van der Waals surface area contributed by atoms with Crippen molar-refractivity contribution in [1.29, 1.82) is 0 Å². The highest BCUT2D eigenvalue weighted by atomic mass is 32.2. The van der Waals surface area contributed by atoms with Crippen molar-refractivity contribution in [3.05, 3.63) is 41.6 Å². The lowest BCUT2D eigenvalue weighted by Crippen LogP contribution is -2.09. The van der Waals surface area contributed by atoms with E-state index in [1.807, 2.05) is 0 Å². The summed E-state index contributed by atoms with van der Waals surface area (Å²) in [4.78, 5) is 4.75. The first-order valence-electron chi connectivity index (χ1n) is 6.20. The van der Waals surface area contributed by atoms with Gasteiger partial charge in [0.25, 0.3) is 0 Å². The molecule has 17 heavy (non-hydrogen) atoms. The van der Waals surface area contributed by atoms with E-state index in [1.54, 1.807) is 0 Å². The molecule has 2 unspecified atom stereocenters. The number of aryl methyl sites for hydroxylation is 1. The lowest BCUT2D eigenvalue weighted by molar-refractivity contribution is 0.570. The molecule has 2 aromatic rings. The molecule has 1 nitrogen and oxygen atoms in total. The summed E-state index contributed by atoms with van der Waals surface area (Å²) in [5.41, 5.74) is 3.79. The Balaban J connectivity index is 2.12. The molecule has 2 heteroatoms. The predicted molar refractivity (Wildman–Crippen MR) is 75.7 cm³/mol. The van der Waals surface area contributed by atoms with E-state index in [4.69, 9.17) is 4.98 Å². The van der Waals surface area contributed by atoms with Crippen molar-refractivity contribution in [3.63, 3.8) is 0 Å². The van der Waals surface area contributed by atoms with Gasteiger partial charge >= 0.3 is 0 Å². The third-order valence-corrected chi connectivity index (χ3v) is 5.07. The second-order valence-electron chi connectivity index (χ2n) is 4.98. The molecule has 0 aliphatic carbocycles. The molecule has 1 aromatic heterocycles. The third-order valence-electron chi connectivity index (χ3n) is 3.72. The molecule has 0 amide bonds. The quantitative estimate of drug-likeness (QED) is 0.750. The molecule has 2 heterocycles. The fourth-order valence-electron chi connectivity index (χ4n) is 2.66. The summed E-state index contributed by atoms with van der Waals surface area (Å²) in [6.07, 6.45) is 0. The first-order valence-corrected chi connectivity index (χ1v) is 7.35. The fraction of sp³-hybridized carbons (Fsp3) is 0.400. The molecule has 0 N–H and O–H groups in total. The van der Waals surface area contributed by atoms with Crippen LogP contribution in [0.15, 0.2) is 30.3 Å². The molecule has 0 saturated carbocycles. The monoisotopic (exact) mass is 243 g/mol. The fourth-order valence-corrected chi connectivity index (χ4v) is 4.16. The van der Waals surface area contributed by atoms with Gasteiger partial charge in [0.05, 0.1) is 5.52 Å². The van der Waals surface area contributed by atoms with Crippen molar-refractivity contribution in [2.24, 2.45) is 5.92 Å². The van der Waals surface area contributed by atoms with Crippen LogP contribution in [0.5, 0.6) is 0 Å². The molecular formula is C15H17NS. The number of pyridine rings is 1. The third kappa shape index (κ3) is 1.95. The van der Waals surface area contributed by atoms with Gasteiger partial charge in [-0.3, -0.25) is 4.98 Å². The molecule has 88 valence electrons. The van der Waals surface area contributed by atoms with Gasteiger partial charge < -0.3 is 0 Å². The summed E-state index contributed by atoms with van der Waals surface area (Å²) in [7, 11) is 0. The second kappa shape index (κ2) is 4.34. The van der Waals surface area contributed by atoms with E-state index in [1.165, 1.54) is 28.1 Å². The van der Waals surface area contributed by atoms with Gasteiger partial charge in [-0.25, -0.2) is 0 Å². The van der Waals surface area contributed by atoms with Gasteiger partial charge in [0.1, 0.15) is 0 Å². The van der Waals surface area contributed by atoms with Crippen LogP contribution in [0.25, 0.3) is 10.9 Å². The molecule has 0 radical (unpaired) electrons. The van der Waals surface area contributed by atoms with E-state index < -0.39 is 0 Å². The van der Waals surface area contributed by atoms with Crippen molar-refractivity contribution in [3.8, 4) is 0 Å². The van der Waals surface area contributed by atoms with Crippen LogP contribution >= 0.6 is 11.8 Å². The van der Waals surface area contributed by atoms with Crippen LogP contribution in [-0.4, -0.2) is 16.5 Å². The smallest absolute Gasteiger partial charge is 0.0705 e. The SMILES string of the molecule is Cc1nc2ccccc2cc1C1CSCC1C. The maximum absolute atomic E-state index is 4.75. The highest BCUT2D eigenvalue weighted by molar-refractivity contribution is 7.99. The topological polar surface area (TPSA) is 12.9 Å². The zero-order valence-corrected chi connectivity index (χ0v) is 11.1. The van der Waals surface area contributed by atoms with Crippen LogP contribution in [-0.2, 0) is 0 Å². The number of aromatic nitrogens is 1. The lowest BCUT2D eigenvalue weighted by atomic mass is 9.89. The average Bonchev–Trinajstić information content (AvgIpc) is 2.74. The Hall–Kier alpha value is -1.02. The zero-order valence-electron chi connectivity index (χ0n) is 10.3. The van der Waals surface area contributed by atoms with Gasteiger partial charge in [0, 0.05) is 16.8 Å². The molecule has 0 spiro atoms. The molecule has 0 bridgehead atoms. The average molecular weight is 243 g/mol. The highest BCUT2D eigenvalue weighted by Gasteiger charge is 2.27. The number of thioether (sulfide) groups is 1. The molecule has 2 atom stereocenters. The Labute approximate surface area is 107 Å². The van der Waals surface area contributed by atoms with Crippen molar-refractivity contribution in [2.75, 3.05) is 11.5 Å². The maximum Gasteiger partial charge on any atom is 0.0705 e. The number of hydrogen-bond acceptors (Lipinski definition) is 2. The van der Waals surface area contributed by atoms with Gasteiger partial charge in [0.2, 0.25) is 0 Å². The summed E-state index contributed by atoms with van der Waals surface area (Å²) in [5, 5.41) is 1.28. The lowest BCUT2D eigenvalue weighted by Gasteiger charge is -2.17. The first kappa shape index (κ1) is 11.1. The number of nitrogens with zero attached hydrogens (tertiary/aromatic N) is 1. The second-order valence-corrected chi connectivity index (χ2v) is 6.05. The molecule has 1 saturated heterocycles. The number of hydrogen-bond donors (Lipinski definition) is 0. The summed E-state index contributed by atoms with van der Waals surface area (Å²) < 4.78 is 0. The van der Waals surface area contributed by atoms with Gasteiger partial charge in [-0.2, -0.15) is 11.8 Å². The number of fused-ring (bicyclic) bond motifs is 1. The van der Waals surface area contributed by atoms with Crippen molar-refractivity contribution < 1.29 is 0 Å². The Morgan fingerprint density at radius 3 is 2.82 bits per heavy atom. The first-order chi connectivity index (χ1) is 8.25. The predicted octanol–water partition coefficient (Wildman–Crippen LogP) is 4.01. The summed E-state index contributed by atoms with van der Waals surface area (Å²) in [6, 6.07) is 10.8. The Kier molecular flexibility index (Phi) is 2.83. The number of rotatable bonds is 1. The summed E-state index contributed by atoms with van der Waals surface area (Å²) in [6.45, 7) is 4.51. The van der Waals surface area contributed by atoms with Crippen LogP contribution in [0.3, 0.4) is 0 Å². The van der Waals surface area contributed by atoms with Crippen molar-refractivity contribution >= 4 is 22.7 Å². The van der Waals surface area contributed by atoms with E-state index in [9.17, 15) is 0 Å². The van der Waals surface area contributed by atoms with Crippen LogP contribution in [0.2, 0.25) is 0 Å². The van der Waals surface area contributed by atoms with Crippen LogP contribution in [0, 0.1) is 12.8 Å².